The van der Waals surface area contributed by atoms with Crippen LogP contribution < -0.4 is 0 Å². The van der Waals surface area contributed by atoms with Crippen LogP contribution in [0, 0.1) is 0 Å². The van der Waals surface area contributed by atoms with E-state index in [0.29, 0.717) is 12.4 Å². The molecule has 0 saturated carbocycles. The van der Waals surface area contributed by atoms with Gasteiger partial charge in [0.1, 0.15) is 0 Å². The fraction of sp³-hybridized carbons (Fsp3) is 0.300. The molecule has 1 atom stereocenters. The van der Waals surface area contributed by atoms with Crippen LogP contribution in [0.3, 0.4) is 0 Å². The van der Waals surface area contributed by atoms with Crippen molar-refractivity contribution in [2.75, 3.05) is 0 Å². The van der Waals surface area contributed by atoms with Gasteiger partial charge in [0.2, 0.25) is 5.82 Å². The molecular formula is C10H12N4O. The summed E-state index contributed by atoms with van der Waals surface area (Å²) in [5.74, 6) is 0.580. The number of aliphatic hydroxyl groups is 1. The highest BCUT2D eigenvalue weighted by atomic mass is 16.3. The van der Waals surface area contributed by atoms with Gasteiger partial charge in [-0.3, -0.25) is 0 Å². The summed E-state index contributed by atoms with van der Waals surface area (Å²) >= 11 is 0. The number of tetrazole rings is 1. The van der Waals surface area contributed by atoms with Crippen LogP contribution in [0.15, 0.2) is 30.3 Å². The molecule has 2 rings (SSSR count). The molecule has 1 aromatic heterocycles. The molecule has 0 aliphatic rings. The first kappa shape index (κ1) is 9.79. The zero-order valence-electron chi connectivity index (χ0n) is 8.41. The quantitative estimate of drug-likeness (QED) is 0.800. The minimum atomic E-state index is -0.470. The van der Waals surface area contributed by atoms with Crippen LogP contribution in [0.2, 0.25) is 0 Å². The summed E-state index contributed by atoms with van der Waals surface area (Å²) in [5.41, 5.74) is 0.925. The van der Waals surface area contributed by atoms with Gasteiger partial charge in [-0.2, -0.15) is 4.80 Å². The number of hydrogen-bond acceptors (Lipinski definition) is 4. The molecule has 5 nitrogen and oxygen atoms in total. The van der Waals surface area contributed by atoms with Gasteiger partial charge < -0.3 is 5.11 Å². The van der Waals surface area contributed by atoms with Gasteiger partial charge in [-0.15, -0.1) is 10.2 Å². The second kappa shape index (κ2) is 4.18. The number of benzene rings is 1. The van der Waals surface area contributed by atoms with Gasteiger partial charge in [0.25, 0.3) is 0 Å². The van der Waals surface area contributed by atoms with Crippen molar-refractivity contribution >= 4 is 0 Å². The molecular weight excluding hydrogens is 192 g/mol. The lowest BCUT2D eigenvalue weighted by Crippen LogP contribution is -2.14. The molecule has 78 valence electrons. The van der Waals surface area contributed by atoms with Crippen molar-refractivity contribution in [1.82, 2.24) is 20.2 Å². The topological polar surface area (TPSA) is 63.8 Å². The Balaban J connectivity index is 2.21. The monoisotopic (exact) mass is 204 g/mol. The van der Waals surface area contributed by atoms with Crippen LogP contribution >= 0.6 is 0 Å². The molecule has 1 heterocycles. The van der Waals surface area contributed by atoms with E-state index in [0.717, 1.165) is 5.56 Å². The van der Waals surface area contributed by atoms with Crippen molar-refractivity contribution in [3.63, 3.8) is 0 Å². The van der Waals surface area contributed by atoms with E-state index >= 15 is 0 Å². The van der Waals surface area contributed by atoms with Gasteiger partial charge in [-0.05, 0) is 12.1 Å². The number of rotatable bonds is 3. The summed E-state index contributed by atoms with van der Waals surface area (Å²) in [5, 5.41) is 21.1. The standard InChI is InChI=1S/C10H12N4O/c1-8(15)7-14-12-10(11-13-14)9-5-3-2-4-6-9/h2-6,8,15H,7H2,1H3/t8-/m0/s1. The van der Waals surface area contributed by atoms with Crippen LogP contribution in [-0.2, 0) is 6.54 Å². The van der Waals surface area contributed by atoms with Crippen LogP contribution in [0.25, 0.3) is 11.4 Å². The molecule has 0 aliphatic heterocycles. The summed E-state index contributed by atoms with van der Waals surface area (Å²) in [6.07, 6.45) is -0.470. The molecule has 15 heavy (non-hydrogen) atoms. The lowest BCUT2D eigenvalue weighted by Gasteiger charge is -1.99. The molecule has 2 aromatic rings. The van der Waals surface area contributed by atoms with Crippen LogP contribution in [-0.4, -0.2) is 31.4 Å². The highest BCUT2D eigenvalue weighted by molar-refractivity contribution is 5.52. The first-order valence-corrected chi connectivity index (χ1v) is 4.77. The molecule has 0 amide bonds. The van der Waals surface area contributed by atoms with Crippen LogP contribution in [0.4, 0.5) is 0 Å². The molecule has 0 aliphatic carbocycles. The summed E-state index contributed by atoms with van der Waals surface area (Å²) in [6, 6.07) is 9.62. The van der Waals surface area contributed by atoms with Gasteiger partial charge in [0.15, 0.2) is 0 Å². The van der Waals surface area contributed by atoms with Crippen molar-refractivity contribution in [1.29, 1.82) is 0 Å². The van der Waals surface area contributed by atoms with Crippen molar-refractivity contribution in [3.8, 4) is 11.4 Å². The van der Waals surface area contributed by atoms with E-state index in [1.807, 2.05) is 30.3 Å². The fourth-order valence-corrected chi connectivity index (χ4v) is 1.26. The molecule has 0 spiro atoms. The van der Waals surface area contributed by atoms with E-state index in [9.17, 15) is 0 Å². The minimum absolute atomic E-state index is 0.361. The van der Waals surface area contributed by atoms with Gasteiger partial charge >= 0.3 is 0 Å². The first-order chi connectivity index (χ1) is 7.25. The average molecular weight is 204 g/mol. The predicted molar refractivity (Wildman–Crippen MR) is 54.9 cm³/mol. The third-order valence-electron chi connectivity index (χ3n) is 1.91. The normalized spacial score (nSPS) is 12.7. The van der Waals surface area contributed by atoms with Gasteiger partial charge in [-0.1, -0.05) is 30.3 Å². The van der Waals surface area contributed by atoms with Crippen LogP contribution in [0.1, 0.15) is 6.92 Å². The second-order valence-electron chi connectivity index (χ2n) is 3.38. The zero-order chi connectivity index (χ0) is 10.7. The minimum Gasteiger partial charge on any atom is -0.391 e. The SMILES string of the molecule is C[C@H](O)Cn1nnc(-c2ccccc2)n1. The van der Waals surface area contributed by atoms with E-state index in [-0.39, 0.29) is 0 Å². The lowest BCUT2D eigenvalue weighted by molar-refractivity contribution is 0.161. The Morgan fingerprint density at radius 1 is 1.33 bits per heavy atom. The Hall–Kier alpha value is -1.75. The van der Waals surface area contributed by atoms with Gasteiger partial charge in [0.05, 0.1) is 12.6 Å². The predicted octanol–water partition coefficient (Wildman–Crippen LogP) is 0.721. The highest BCUT2D eigenvalue weighted by Gasteiger charge is 2.06. The number of aromatic nitrogens is 4. The third-order valence-corrected chi connectivity index (χ3v) is 1.91. The number of hydrogen-bond donors (Lipinski definition) is 1. The summed E-state index contributed by atoms with van der Waals surface area (Å²) in [4.78, 5) is 1.40. The maximum absolute atomic E-state index is 9.16. The molecule has 5 heteroatoms. The van der Waals surface area contributed by atoms with E-state index < -0.39 is 6.10 Å². The molecule has 0 fully saturated rings. The van der Waals surface area contributed by atoms with Crippen molar-refractivity contribution in [2.45, 2.75) is 19.6 Å². The second-order valence-corrected chi connectivity index (χ2v) is 3.38. The smallest absolute Gasteiger partial charge is 0.204 e. The maximum atomic E-state index is 9.16. The van der Waals surface area contributed by atoms with E-state index in [2.05, 4.69) is 15.4 Å². The zero-order valence-corrected chi connectivity index (χ0v) is 8.41. The molecule has 0 bridgehead atoms. The average Bonchev–Trinajstić information content (AvgIpc) is 2.67. The fourth-order valence-electron chi connectivity index (χ4n) is 1.26. The molecule has 0 unspecified atom stereocenters. The van der Waals surface area contributed by atoms with Crippen molar-refractivity contribution < 1.29 is 5.11 Å². The number of nitrogens with zero attached hydrogens (tertiary/aromatic N) is 4. The highest BCUT2D eigenvalue weighted by Crippen LogP contribution is 2.11. The number of aliphatic hydroxyl groups excluding tert-OH is 1. The Bertz CT molecular complexity index is 424. The molecule has 0 radical (unpaired) electrons. The first-order valence-electron chi connectivity index (χ1n) is 4.77. The van der Waals surface area contributed by atoms with Gasteiger partial charge in [0, 0.05) is 5.56 Å². The van der Waals surface area contributed by atoms with Gasteiger partial charge in [-0.25, -0.2) is 0 Å². The van der Waals surface area contributed by atoms with E-state index in [1.54, 1.807) is 6.92 Å². The summed E-state index contributed by atoms with van der Waals surface area (Å²) < 4.78 is 0. The molecule has 0 saturated heterocycles. The van der Waals surface area contributed by atoms with Crippen molar-refractivity contribution in [3.05, 3.63) is 30.3 Å². The van der Waals surface area contributed by atoms with E-state index in [1.165, 1.54) is 4.80 Å². The summed E-state index contributed by atoms with van der Waals surface area (Å²) in [7, 11) is 0. The Morgan fingerprint density at radius 2 is 2.07 bits per heavy atom. The Labute approximate surface area is 87.4 Å². The Kier molecular flexibility index (Phi) is 2.73. The maximum Gasteiger partial charge on any atom is 0.204 e. The molecule has 1 aromatic carbocycles. The largest absolute Gasteiger partial charge is 0.391 e. The van der Waals surface area contributed by atoms with Crippen molar-refractivity contribution in [2.24, 2.45) is 0 Å². The Morgan fingerprint density at radius 3 is 2.73 bits per heavy atom. The lowest BCUT2D eigenvalue weighted by atomic mass is 10.2. The summed E-state index contributed by atoms with van der Waals surface area (Å²) in [6.45, 7) is 2.05. The molecule has 1 N–H and O–H groups in total. The van der Waals surface area contributed by atoms with Crippen LogP contribution in [0.5, 0.6) is 0 Å². The third kappa shape index (κ3) is 2.38. The van der Waals surface area contributed by atoms with E-state index in [4.69, 9.17) is 5.11 Å².